The number of hydrogen-bond acceptors (Lipinski definition) is 7. The average molecular weight is 729 g/mol. The van der Waals surface area contributed by atoms with Crippen molar-refractivity contribution in [2.75, 3.05) is 0 Å². The van der Waals surface area contributed by atoms with Crippen LogP contribution in [-0.4, -0.2) is 8.75 Å². The van der Waals surface area contributed by atoms with Crippen molar-refractivity contribution in [1.29, 1.82) is 0 Å². The summed E-state index contributed by atoms with van der Waals surface area (Å²) in [6.45, 7) is 8.79. The van der Waals surface area contributed by atoms with Crippen molar-refractivity contribution in [3.05, 3.63) is 83.4 Å². The molecule has 4 nitrogen and oxygen atoms in total. The maximum Gasteiger partial charge on any atom is 0.132 e. The van der Waals surface area contributed by atoms with E-state index in [0.29, 0.717) is 23.0 Å². The first-order chi connectivity index (χ1) is 23.9. The molecule has 6 aromatic rings. The third kappa shape index (κ3) is 6.85. The molecule has 0 saturated carbocycles. The number of nitrogens with zero attached hydrogens (tertiary/aromatic N) is 4. The Hall–Kier alpha value is -3.44. The molecule has 10 heteroatoms. The number of benzene rings is 3. The van der Waals surface area contributed by atoms with Crippen LogP contribution >= 0.6 is 34.4 Å². The van der Waals surface area contributed by atoms with Crippen molar-refractivity contribution in [3.8, 4) is 41.8 Å². The summed E-state index contributed by atoms with van der Waals surface area (Å²) < 4.78 is 49.9. The fourth-order valence-electron chi connectivity index (χ4n) is 6.55. The average Bonchev–Trinajstić information content (AvgIpc) is 3.93. The van der Waals surface area contributed by atoms with Crippen LogP contribution in [0.25, 0.3) is 52.8 Å². The molecule has 0 radical (unpaired) electrons. The van der Waals surface area contributed by atoms with Gasteiger partial charge in [0.05, 0.1) is 23.1 Å². The zero-order valence-corrected chi connectivity index (χ0v) is 31.3. The Kier molecular flexibility index (Phi) is 10.3. The topological polar surface area (TPSA) is 50.5 Å². The highest BCUT2D eigenvalue weighted by Crippen LogP contribution is 2.54. The third-order valence-corrected chi connectivity index (χ3v) is 12.9. The number of unbranched alkanes of at least 4 members (excludes halogenated alkanes) is 1. The van der Waals surface area contributed by atoms with Gasteiger partial charge in [0.15, 0.2) is 0 Å². The highest BCUT2D eigenvalue weighted by atomic mass is 32.1. The van der Waals surface area contributed by atoms with E-state index >= 15 is 8.78 Å². The first-order valence-electron chi connectivity index (χ1n) is 17.1. The van der Waals surface area contributed by atoms with E-state index in [0.717, 1.165) is 113 Å². The third-order valence-electron chi connectivity index (χ3n) is 9.58. The van der Waals surface area contributed by atoms with E-state index in [9.17, 15) is 0 Å². The summed E-state index contributed by atoms with van der Waals surface area (Å²) in [6, 6.07) is 19.3. The Labute approximate surface area is 302 Å². The molecule has 252 valence electrons. The summed E-state index contributed by atoms with van der Waals surface area (Å²) >= 11 is 5.36. The highest BCUT2D eigenvalue weighted by Gasteiger charge is 2.28. The lowest BCUT2D eigenvalue weighted by Gasteiger charge is -2.15. The number of thiophene rings is 2. The van der Waals surface area contributed by atoms with E-state index in [2.05, 4.69) is 33.8 Å². The molecule has 0 bridgehead atoms. The van der Waals surface area contributed by atoms with Gasteiger partial charge < -0.3 is 0 Å². The molecule has 1 aliphatic rings. The SMILES string of the molecule is CCCCC(CC)Cc1ccc(-c2ccc(-c3c4c(c(-c5ccc(-c6ccc(CC(C)CC)cc6F)s5)c5nsnc35)N=S=N4)s2)c(F)c1. The lowest BCUT2D eigenvalue weighted by Crippen LogP contribution is -2.03. The van der Waals surface area contributed by atoms with Crippen LogP contribution in [0.15, 0.2) is 69.4 Å². The molecule has 49 heavy (non-hydrogen) atoms. The second kappa shape index (κ2) is 14.8. The Balaban J connectivity index is 1.21. The van der Waals surface area contributed by atoms with Gasteiger partial charge in [0.2, 0.25) is 0 Å². The van der Waals surface area contributed by atoms with Gasteiger partial charge in [-0.25, -0.2) is 8.78 Å². The van der Waals surface area contributed by atoms with Crippen LogP contribution in [0.1, 0.15) is 70.9 Å². The number of aromatic nitrogens is 2. The Morgan fingerprint density at radius 3 is 1.67 bits per heavy atom. The van der Waals surface area contributed by atoms with Crippen LogP contribution in [0.2, 0.25) is 0 Å². The lowest BCUT2D eigenvalue weighted by molar-refractivity contribution is 0.448. The molecular formula is C39H38F2N4S4. The summed E-state index contributed by atoms with van der Waals surface area (Å²) in [5, 5.41) is 0. The maximum atomic E-state index is 15.6. The molecule has 3 aromatic carbocycles. The molecule has 0 spiro atoms. The predicted octanol–water partition coefficient (Wildman–Crippen LogP) is 13.8. The normalized spacial score (nSPS) is 13.6. The molecule has 3 aromatic heterocycles. The minimum atomic E-state index is -0.206. The van der Waals surface area contributed by atoms with Gasteiger partial charge in [-0.3, -0.25) is 0 Å². The van der Waals surface area contributed by atoms with Crippen LogP contribution in [0.5, 0.6) is 0 Å². The van der Waals surface area contributed by atoms with E-state index in [1.54, 1.807) is 12.1 Å². The van der Waals surface area contributed by atoms with Crippen LogP contribution in [0.4, 0.5) is 20.2 Å². The van der Waals surface area contributed by atoms with Crippen LogP contribution in [0, 0.1) is 23.5 Å². The van der Waals surface area contributed by atoms with Gasteiger partial charge in [-0.2, -0.15) is 17.5 Å². The van der Waals surface area contributed by atoms with Crippen LogP contribution in [0.3, 0.4) is 0 Å². The molecular weight excluding hydrogens is 691 g/mol. The van der Waals surface area contributed by atoms with Gasteiger partial charge in [0.25, 0.3) is 0 Å². The number of rotatable bonds is 13. The zero-order valence-electron chi connectivity index (χ0n) is 28.1. The van der Waals surface area contributed by atoms with Gasteiger partial charge >= 0.3 is 0 Å². The molecule has 0 aliphatic carbocycles. The molecule has 0 amide bonds. The molecule has 4 heterocycles. The van der Waals surface area contributed by atoms with Gasteiger partial charge in [0.1, 0.15) is 34.0 Å². The van der Waals surface area contributed by atoms with Gasteiger partial charge in [-0.05, 0) is 72.2 Å². The molecule has 7 rings (SSSR count). The Morgan fingerprint density at radius 2 is 1.18 bits per heavy atom. The first-order valence-corrected chi connectivity index (χ1v) is 20.2. The number of fused-ring (bicyclic) bond motifs is 2. The molecule has 2 atom stereocenters. The Bertz CT molecular complexity index is 2210. The standard InChI is InChI=1S/C39H38F2N4S4/c1-5-8-9-23(7-3)19-25-11-13-27(29(41)21-25)31-15-17-33(47-31)35-38-36(42-48-44-38)34(37-39(35)45-49-43-37)32-16-14-30(46-32)26-12-10-24(20-28(26)40)18-22(4)6-2/h10-17,20-23H,5-9,18-19H2,1-4H3. The van der Waals surface area contributed by atoms with Crippen molar-refractivity contribution in [1.82, 2.24) is 8.75 Å². The minimum absolute atomic E-state index is 0.192. The van der Waals surface area contributed by atoms with Crippen molar-refractivity contribution in [3.63, 3.8) is 0 Å². The van der Waals surface area contributed by atoms with Crippen LogP contribution in [-0.2, 0) is 24.2 Å². The fourth-order valence-corrected chi connectivity index (χ4v) is 9.83. The molecule has 0 N–H and O–H groups in total. The predicted molar refractivity (Wildman–Crippen MR) is 207 cm³/mol. The second-order valence-corrected chi connectivity index (χ2v) is 16.2. The van der Waals surface area contributed by atoms with Gasteiger partial charge in [0, 0.05) is 41.8 Å². The molecule has 2 unspecified atom stereocenters. The largest absolute Gasteiger partial charge is 0.206 e. The second-order valence-electron chi connectivity index (χ2n) is 13.0. The fraction of sp³-hybridized carbons (Fsp3) is 0.333. The quantitative estimate of drug-likeness (QED) is 0.119. The van der Waals surface area contributed by atoms with Gasteiger partial charge in [-0.15, -0.1) is 22.7 Å². The number of halogens is 2. The van der Waals surface area contributed by atoms with E-state index in [-0.39, 0.29) is 11.6 Å². The first kappa shape index (κ1) is 34.0. The highest BCUT2D eigenvalue weighted by molar-refractivity contribution is 7.58. The maximum absolute atomic E-state index is 15.6. The van der Waals surface area contributed by atoms with E-state index in [1.165, 1.54) is 41.9 Å². The van der Waals surface area contributed by atoms with E-state index in [4.69, 9.17) is 17.5 Å². The smallest absolute Gasteiger partial charge is 0.132 e. The summed E-state index contributed by atoms with van der Waals surface area (Å²) in [6.07, 6.45) is 7.52. The van der Waals surface area contributed by atoms with Crippen molar-refractivity contribution < 1.29 is 8.78 Å². The minimum Gasteiger partial charge on any atom is -0.206 e. The van der Waals surface area contributed by atoms with Crippen molar-refractivity contribution >= 4 is 68.2 Å². The van der Waals surface area contributed by atoms with Crippen molar-refractivity contribution in [2.24, 2.45) is 20.6 Å². The number of hydrogen-bond donors (Lipinski definition) is 0. The molecule has 0 saturated heterocycles. The zero-order chi connectivity index (χ0) is 34.1. The molecule has 1 aliphatic heterocycles. The van der Waals surface area contributed by atoms with Gasteiger partial charge in [-0.1, -0.05) is 84.1 Å². The van der Waals surface area contributed by atoms with Crippen molar-refractivity contribution in [2.45, 2.75) is 72.6 Å². The summed E-state index contributed by atoms with van der Waals surface area (Å²) in [4.78, 5) is 3.59. The van der Waals surface area contributed by atoms with E-state index < -0.39 is 0 Å². The summed E-state index contributed by atoms with van der Waals surface area (Å²) in [5.41, 5.74) is 7.99. The summed E-state index contributed by atoms with van der Waals surface area (Å²) in [5.74, 6) is 0.694. The molecule has 0 fully saturated rings. The van der Waals surface area contributed by atoms with Crippen LogP contribution < -0.4 is 0 Å². The van der Waals surface area contributed by atoms with E-state index in [1.807, 2.05) is 42.5 Å². The summed E-state index contributed by atoms with van der Waals surface area (Å²) in [7, 11) is 0. The monoisotopic (exact) mass is 728 g/mol. The Morgan fingerprint density at radius 1 is 0.653 bits per heavy atom. The lowest BCUT2D eigenvalue weighted by atomic mass is 9.91.